The van der Waals surface area contributed by atoms with Crippen LogP contribution in [0.1, 0.15) is 0 Å². The zero-order valence-corrected chi connectivity index (χ0v) is 10.5. The first-order chi connectivity index (χ1) is 4.54. The Labute approximate surface area is 111 Å². The van der Waals surface area contributed by atoms with Crippen molar-refractivity contribution in [2.45, 2.75) is 0 Å². The van der Waals surface area contributed by atoms with Crippen molar-refractivity contribution < 1.29 is 19.8 Å². The number of carboxylic acid groups (broad SMARTS) is 2. The molecule has 0 heterocycles. The van der Waals surface area contributed by atoms with Crippen molar-refractivity contribution in [1.82, 2.24) is 0 Å². The third kappa shape index (κ3) is 35.6. The predicted molar refractivity (Wildman–Crippen MR) is 37.2 cm³/mol. The summed E-state index contributed by atoms with van der Waals surface area (Å²) in [6.07, 6.45) is 0. The molecule has 0 radical (unpaired) electrons. The topological polar surface area (TPSA) is 80.3 Å². The summed E-state index contributed by atoms with van der Waals surface area (Å²) in [7, 11) is 0. The van der Waals surface area contributed by atoms with Gasteiger partial charge in [-0.25, -0.2) is 0 Å². The molecule has 0 aromatic carbocycles. The third-order valence-corrected chi connectivity index (χ3v) is 0.655. The van der Waals surface area contributed by atoms with Crippen molar-refractivity contribution in [3.8, 4) is 0 Å². The van der Waals surface area contributed by atoms with E-state index in [0.717, 1.165) is 0 Å². The molecule has 4 nitrogen and oxygen atoms in total. The second kappa shape index (κ2) is 13.6. The Morgan fingerprint density at radius 1 is 1.00 bits per heavy atom. The number of aliphatic carboxylic acids is 2. The fourth-order valence-electron chi connectivity index (χ4n) is 0. The first-order valence-electron chi connectivity index (χ1n) is 2.06. The molecule has 0 aromatic heterocycles. The summed E-state index contributed by atoms with van der Waals surface area (Å²) in [6, 6.07) is 0. The molecule has 0 amide bonds. The molecule has 0 rings (SSSR count). The van der Waals surface area contributed by atoms with E-state index in [2.05, 4.69) is 23.2 Å². The van der Waals surface area contributed by atoms with Crippen molar-refractivity contribution >= 4 is 80.6 Å². The first-order valence-corrected chi connectivity index (χ1v) is 3.13. The molecule has 0 unspecified atom stereocenters. The van der Waals surface area contributed by atoms with Gasteiger partial charge in [-0.2, -0.15) is 0 Å². The standard InChI is InChI=1S/2C2H3ClO2.Sr/c2*3-1-2(4)5;/h2*1H2,(H,4,5);/q;;+2/p-2. The maximum atomic E-state index is 9.12. The molecule has 0 saturated carbocycles. The Bertz CT molecular complexity index is 105. The van der Waals surface area contributed by atoms with Gasteiger partial charge in [-0.3, -0.25) is 0 Å². The summed E-state index contributed by atoms with van der Waals surface area (Å²) in [6.45, 7) is 0. The number of rotatable bonds is 2. The minimum Gasteiger partial charge on any atom is -0.549 e. The van der Waals surface area contributed by atoms with E-state index in [4.69, 9.17) is 19.8 Å². The molecule has 11 heavy (non-hydrogen) atoms. The molecule has 0 bridgehead atoms. The molecule has 0 fully saturated rings. The minimum atomic E-state index is -1.23. The third-order valence-electron chi connectivity index (χ3n) is 0.218. The van der Waals surface area contributed by atoms with Crippen molar-refractivity contribution in [2.75, 3.05) is 11.8 Å². The number of hydrogen-bond donors (Lipinski definition) is 0. The zero-order valence-electron chi connectivity index (χ0n) is 5.51. The Kier molecular flexibility index (Phi) is 22.1. The predicted octanol–water partition coefficient (Wildman–Crippen LogP) is -2.43. The van der Waals surface area contributed by atoms with Gasteiger partial charge in [-0.1, -0.05) is 0 Å². The number of carboxylic acids is 2. The van der Waals surface area contributed by atoms with E-state index >= 15 is 0 Å². The van der Waals surface area contributed by atoms with Crippen molar-refractivity contribution in [3.05, 3.63) is 0 Å². The minimum absolute atomic E-state index is 0. The summed E-state index contributed by atoms with van der Waals surface area (Å²) in [5.41, 5.74) is 0. The maximum Gasteiger partial charge on any atom is 2.00 e. The molecule has 0 aromatic rings. The van der Waals surface area contributed by atoms with Gasteiger partial charge < -0.3 is 19.8 Å². The van der Waals surface area contributed by atoms with Crippen LogP contribution in [-0.2, 0) is 9.59 Å². The molecule has 0 atom stereocenters. The van der Waals surface area contributed by atoms with Crippen molar-refractivity contribution in [2.24, 2.45) is 0 Å². The average molecular weight is 275 g/mol. The number of hydrogen-bond acceptors (Lipinski definition) is 4. The van der Waals surface area contributed by atoms with E-state index in [0.29, 0.717) is 0 Å². The van der Waals surface area contributed by atoms with E-state index < -0.39 is 23.7 Å². The van der Waals surface area contributed by atoms with Crippen LogP contribution in [0.5, 0.6) is 0 Å². The maximum absolute atomic E-state index is 9.12. The van der Waals surface area contributed by atoms with E-state index in [-0.39, 0.29) is 45.5 Å². The number of carbonyl (C=O) groups excluding carboxylic acids is 2. The zero-order chi connectivity index (χ0) is 8.57. The molecule has 60 valence electrons. The molecular formula is C4H4Cl2O4Sr. The summed E-state index contributed by atoms with van der Waals surface area (Å²) in [5, 5.41) is 18.2. The van der Waals surface area contributed by atoms with Gasteiger partial charge in [0.25, 0.3) is 0 Å². The van der Waals surface area contributed by atoms with E-state index in [1.54, 1.807) is 0 Å². The Balaban J connectivity index is -0.000000107. The van der Waals surface area contributed by atoms with Gasteiger partial charge in [0.05, 0.1) is 23.7 Å². The second-order valence-corrected chi connectivity index (χ2v) is 1.55. The van der Waals surface area contributed by atoms with Gasteiger partial charge in [0.2, 0.25) is 0 Å². The van der Waals surface area contributed by atoms with Crippen molar-refractivity contribution in [3.63, 3.8) is 0 Å². The van der Waals surface area contributed by atoms with Crippen LogP contribution in [0.15, 0.2) is 0 Å². The second-order valence-electron chi connectivity index (χ2n) is 1.01. The average Bonchev–Trinajstić information content (AvgIpc) is 1.89. The van der Waals surface area contributed by atoms with E-state index in [1.165, 1.54) is 0 Å². The Morgan fingerprint density at radius 3 is 1.09 bits per heavy atom. The molecule has 0 aliphatic heterocycles. The van der Waals surface area contributed by atoms with Crippen LogP contribution in [0.2, 0.25) is 0 Å². The monoisotopic (exact) mass is 274 g/mol. The van der Waals surface area contributed by atoms with Gasteiger partial charge in [0, 0.05) is 0 Å². The first kappa shape index (κ1) is 17.9. The molecule has 0 saturated heterocycles. The van der Waals surface area contributed by atoms with Crippen LogP contribution in [-0.4, -0.2) is 69.2 Å². The molecule has 7 heteroatoms. The van der Waals surface area contributed by atoms with Crippen LogP contribution >= 0.6 is 23.2 Å². The van der Waals surface area contributed by atoms with Crippen LogP contribution in [0.4, 0.5) is 0 Å². The molecule has 0 aliphatic rings. The number of alkyl halides is 2. The quantitative estimate of drug-likeness (QED) is 0.414. The molecule has 0 spiro atoms. The van der Waals surface area contributed by atoms with Crippen LogP contribution in [0.25, 0.3) is 0 Å². The number of halogens is 2. The van der Waals surface area contributed by atoms with E-state index in [1.807, 2.05) is 0 Å². The van der Waals surface area contributed by atoms with Gasteiger partial charge >= 0.3 is 45.5 Å². The van der Waals surface area contributed by atoms with Gasteiger partial charge in [0.1, 0.15) is 0 Å². The Hall–Kier alpha value is 1.00. The number of carbonyl (C=O) groups is 2. The fourth-order valence-corrected chi connectivity index (χ4v) is 0. The summed E-state index contributed by atoms with van der Waals surface area (Å²) < 4.78 is 0. The smallest absolute Gasteiger partial charge is 0.549 e. The van der Waals surface area contributed by atoms with E-state index in [9.17, 15) is 0 Å². The van der Waals surface area contributed by atoms with Gasteiger partial charge in [-0.05, 0) is 0 Å². The van der Waals surface area contributed by atoms with Crippen LogP contribution < -0.4 is 10.2 Å². The molecule has 0 aliphatic carbocycles. The fraction of sp³-hybridized carbons (Fsp3) is 0.500. The van der Waals surface area contributed by atoms with Gasteiger partial charge in [0.15, 0.2) is 0 Å². The Morgan fingerprint density at radius 2 is 1.09 bits per heavy atom. The summed E-state index contributed by atoms with van der Waals surface area (Å²) >= 11 is 9.35. The van der Waals surface area contributed by atoms with Crippen LogP contribution in [0.3, 0.4) is 0 Å². The largest absolute Gasteiger partial charge is 2.00 e. The summed E-state index contributed by atoms with van der Waals surface area (Å²) in [4.78, 5) is 18.2. The molecular weight excluding hydrogens is 271 g/mol. The normalized spacial score (nSPS) is 6.73. The SMILES string of the molecule is O=C([O-])CCl.O=C([O-])CCl.[Sr+2]. The van der Waals surface area contributed by atoms with Crippen LogP contribution in [0, 0.1) is 0 Å². The molecule has 0 N–H and O–H groups in total. The van der Waals surface area contributed by atoms with Crippen molar-refractivity contribution in [1.29, 1.82) is 0 Å². The summed E-state index contributed by atoms with van der Waals surface area (Å²) in [5.74, 6) is -3.29. The van der Waals surface area contributed by atoms with Gasteiger partial charge in [-0.15, -0.1) is 23.2 Å².